The smallest absolute Gasteiger partial charge is 0.292 e. The molecule has 0 aliphatic rings. The average Bonchev–Trinajstić information content (AvgIpc) is 2.16. The van der Waals surface area contributed by atoms with Gasteiger partial charge in [-0.2, -0.15) is 0 Å². The third-order valence-electron chi connectivity index (χ3n) is 1.84. The third-order valence-corrected chi connectivity index (χ3v) is 2.17. The van der Waals surface area contributed by atoms with Crippen molar-refractivity contribution in [2.45, 2.75) is 6.92 Å². The molecule has 0 aliphatic heterocycles. The fourth-order valence-corrected chi connectivity index (χ4v) is 1.37. The second-order valence-electron chi connectivity index (χ2n) is 2.79. The molecular formula is C9H6ClNO4. The lowest BCUT2D eigenvalue weighted by Gasteiger charge is -2.02. The number of carbonyl (C=O) groups is 2. The zero-order chi connectivity index (χ0) is 11.6. The van der Waals surface area contributed by atoms with Gasteiger partial charge in [0.05, 0.1) is 15.5 Å². The number of benzene rings is 1. The highest BCUT2D eigenvalue weighted by atomic mass is 35.5. The fourth-order valence-electron chi connectivity index (χ4n) is 1.18. The fraction of sp³-hybridized carbons (Fsp3) is 0.111. The van der Waals surface area contributed by atoms with Gasteiger partial charge in [-0.05, 0) is 19.1 Å². The molecular weight excluding hydrogens is 222 g/mol. The first-order chi connectivity index (χ1) is 6.99. The minimum atomic E-state index is -0.785. The third kappa shape index (κ3) is 2.02. The summed E-state index contributed by atoms with van der Waals surface area (Å²) in [5, 5.41) is 10.7. The number of carbonyl (C=O) groups excluding carboxylic acids is 2. The lowest BCUT2D eigenvalue weighted by atomic mass is 10.1. The Kier molecular flexibility index (Phi) is 3.16. The monoisotopic (exact) mass is 227 g/mol. The lowest BCUT2D eigenvalue weighted by molar-refractivity contribution is -0.385. The van der Waals surface area contributed by atoms with E-state index >= 15 is 0 Å². The number of nitrogens with zero attached hydrogens (tertiary/aromatic N) is 1. The van der Waals surface area contributed by atoms with E-state index in [1.807, 2.05) is 0 Å². The number of ketones is 1. The highest BCUT2D eigenvalue weighted by Gasteiger charge is 2.24. The van der Waals surface area contributed by atoms with Crippen LogP contribution in [0.4, 0.5) is 5.69 Å². The Balaban J connectivity index is 3.63. The molecule has 0 saturated heterocycles. The summed E-state index contributed by atoms with van der Waals surface area (Å²) in [4.78, 5) is 31.6. The summed E-state index contributed by atoms with van der Waals surface area (Å²) >= 11 is 5.60. The molecule has 0 heterocycles. The first-order valence-corrected chi connectivity index (χ1v) is 4.29. The Labute approximate surface area is 89.8 Å². The lowest BCUT2D eigenvalue weighted by Crippen LogP contribution is -2.04. The van der Waals surface area contributed by atoms with Gasteiger partial charge in [0.25, 0.3) is 5.69 Å². The van der Waals surface area contributed by atoms with Crippen LogP contribution in [0.1, 0.15) is 27.6 Å². The topological polar surface area (TPSA) is 77.3 Å². The van der Waals surface area contributed by atoms with E-state index in [0.717, 1.165) is 0 Å². The predicted molar refractivity (Wildman–Crippen MR) is 53.5 cm³/mol. The second-order valence-corrected chi connectivity index (χ2v) is 3.20. The molecule has 0 spiro atoms. The summed E-state index contributed by atoms with van der Waals surface area (Å²) in [5.41, 5.74) is -0.925. The maximum absolute atomic E-state index is 11.1. The highest BCUT2D eigenvalue weighted by Crippen LogP contribution is 2.29. The zero-order valence-corrected chi connectivity index (χ0v) is 8.45. The summed E-state index contributed by atoms with van der Waals surface area (Å²) < 4.78 is 0. The average molecular weight is 228 g/mol. The summed E-state index contributed by atoms with van der Waals surface area (Å²) in [6.07, 6.45) is 0.271. The quantitative estimate of drug-likeness (QED) is 0.343. The van der Waals surface area contributed by atoms with Crippen molar-refractivity contribution in [2.24, 2.45) is 0 Å². The first-order valence-electron chi connectivity index (χ1n) is 3.92. The van der Waals surface area contributed by atoms with E-state index in [1.165, 1.54) is 19.1 Å². The molecule has 0 atom stereocenters. The van der Waals surface area contributed by atoms with Gasteiger partial charge in [0, 0.05) is 0 Å². The van der Waals surface area contributed by atoms with Crippen molar-refractivity contribution in [1.29, 1.82) is 0 Å². The van der Waals surface area contributed by atoms with Gasteiger partial charge < -0.3 is 0 Å². The number of halogens is 1. The van der Waals surface area contributed by atoms with Crippen molar-refractivity contribution in [3.8, 4) is 0 Å². The molecule has 5 nitrogen and oxygen atoms in total. The minimum Gasteiger partial charge on any atom is -0.298 e. The summed E-state index contributed by atoms with van der Waals surface area (Å²) in [7, 11) is 0. The van der Waals surface area contributed by atoms with Crippen molar-refractivity contribution in [1.82, 2.24) is 0 Å². The standard InChI is InChI=1S/C9H6ClNO4/c1-5(13)6-2-3-8(10)7(4-12)9(6)11(14)15/h2-4H,1H3. The van der Waals surface area contributed by atoms with Gasteiger partial charge in [0.15, 0.2) is 12.1 Å². The normalized spacial score (nSPS) is 9.73. The van der Waals surface area contributed by atoms with Crippen molar-refractivity contribution in [2.75, 3.05) is 0 Å². The maximum atomic E-state index is 11.1. The number of rotatable bonds is 3. The van der Waals surface area contributed by atoms with Crippen LogP contribution in [0.25, 0.3) is 0 Å². The molecule has 1 aromatic carbocycles. The first kappa shape index (κ1) is 11.3. The molecule has 0 fully saturated rings. The molecule has 0 amide bonds. The van der Waals surface area contributed by atoms with Gasteiger partial charge in [-0.1, -0.05) is 11.6 Å². The Hall–Kier alpha value is -1.75. The van der Waals surface area contributed by atoms with Crippen LogP contribution in [0.3, 0.4) is 0 Å². The molecule has 15 heavy (non-hydrogen) atoms. The van der Waals surface area contributed by atoms with E-state index < -0.39 is 16.4 Å². The molecule has 0 saturated carbocycles. The number of aldehydes is 1. The van der Waals surface area contributed by atoms with Gasteiger partial charge >= 0.3 is 0 Å². The number of nitro groups is 1. The molecule has 0 bridgehead atoms. The van der Waals surface area contributed by atoms with Crippen LogP contribution >= 0.6 is 11.6 Å². The van der Waals surface area contributed by atoms with E-state index in [1.54, 1.807) is 0 Å². The SMILES string of the molecule is CC(=O)c1ccc(Cl)c(C=O)c1[N+](=O)[O-]. The molecule has 1 rings (SSSR count). The van der Waals surface area contributed by atoms with Crippen molar-refractivity contribution >= 4 is 29.4 Å². The van der Waals surface area contributed by atoms with Crippen LogP contribution in [0.15, 0.2) is 12.1 Å². The van der Waals surface area contributed by atoms with Crippen LogP contribution in [0.2, 0.25) is 5.02 Å². The van der Waals surface area contributed by atoms with Gasteiger partial charge in [-0.3, -0.25) is 19.7 Å². The largest absolute Gasteiger partial charge is 0.298 e. The Morgan fingerprint density at radius 2 is 2.13 bits per heavy atom. The molecule has 0 unspecified atom stereocenters. The van der Waals surface area contributed by atoms with Crippen LogP contribution in [-0.2, 0) is 0 Å². The van der Waals surface area contributed by atoms with Crippen LogP contribution in [-0.4, -0.2) is 17.0 Å². The number of hydrogen-bond acceptors (Lipinski definition) is 4. The van der Waals surface area contributed by atoms with Crippen LogP contribution in [0, 0.1) is 10.1 Å². The summed E-state index contributed by atoms with van der Waals surface area (Å²) in [6, 6.07) is 2.52. The van der Waals surface area contributed by atoms with E-state index in [2.05, 4.69) is 0 Å². The number of nitro benzene ring substituents is 1. The van der Waals surface area contributed by atoms with Crippen molar-refractivity contribution in [3.63, 3.8) is 0 Å². The number of hydrogen-bond donors (Lipinski definition) is 0. The summed E-state index contributed by atoms with van der Waals surface area (Å²) in [6.45, 7) is 1.19. The molecule has 6 heteroatoms. The van der Waals surface area contributed by atoms with Crippen molar-refractivity contribution in [3.05, 3.63) is 38.4 Å². The zero-order valence-electron chi connectivity index (χ0n) is 7.69. The Morgan fingerprint density at radius 3 is 2.53 bits per heavy atom. The Morgan fingerprint density at radius 1 is 1.53 bits per heavy atom. The molecule has 0 aromatic heterocycles. The predicted octanol–water partition coefficient (Wildman–Crippen LogP) is 2.26. The van der Waals surface area contributed by atoms with Gasteiger partial charge in [-0.15, -0.1) is 0 Å². The second kappa shape index (κ2) is 4.18. The molecule has 0 radical (unpaired) electrons. The van der Waals surface area contributed by atoms with E-state index in [0.29, 0.717) is 0 Å². The van der Waals surface area contributed by atoms with Crippen molar-refractivity contribution < 1.29 is 14.5 Å². The van der Waals surface area contributed by atoms with E-state index in [-0.39, 0.29) is 22.4 Å². The van der Waals surface area contributed by atoms with E-state index in [9.17, 15) is 19.7 Å². The van der Waals surface area contributed by atoms with E-state index in [4.69, 9.17) is 11.6 Å². The van der Waals surface area contributed by atoms with Gasteiger partial charge in [-0.25, -0.2) is 0 Å². The minimum absolute atomic E-state index is 0.0401. The van der Waals surface area contributed by atoms with Gasteiger partial charge in [0.2, 0.25) is 0 Å². The van der Waals surface area contributed by atoms with Crippen LogP contribution < -0.4 is 0 Å². The molecule has 0 N–H and O–H groups in total. The summed E-state index contributed by atoms with van der Waals surface area (Å²) in [5.74, 6) is -0.485. The molecule has 0 aliphatic carbocycles. The van der Waals surface area contributed by atoms with Gasteiger partial charge in [0.1, 0.15) is 5.56 Å². The molecule has 1 aromatic rings. The highest BCUT2D eigenvalue weighted by molar-refractivity contribution is 6.33. The van der Waals surface area contributed by atoms with Crippen LogP contribution in [0.5, 0.6) is 0 Å². The molecule has 78 valence electrons. The Bertz CT molecular complexity index is 456. The maximum Gasteiger partial charge on any atom is 0.292 e. The number of Topliss-reactive ketones (excluding diaryl/α,β-unsaturated/α-hetero) is 1.